The number of likely N-dealkylation sites (tertiary alicyclic amines) is 1. The number of amides is 1. The molecule has 4 rings (SSSR count). The Kier molecular flexibility index (Phi) is 5.31. The number of rotatable bonds is 5. The third-order valence-corrected chi connectivity index (χ3v) is 6.41. The van der Waals surface area contributed by atoms with Gasteiger partial charge in [-0.1, -0.05) is 37.6 Å². The Hall–Kier alpha value is -2.13. The predicted molar refractivity (Wildman–Crippen MR) is 111 cm³/mol. The fourth-order valence-electron chi connectivity index (χ4n) is 4.37. The van der Waals surface area contributed by atoms with E-state index in [2.05, 4.69) is 48.5 Å². The van der Waals surface area contributed by atoms with Gasteiger partial charge in [0.1, 0.15) is 0 Å². The van der Waals surface area contributed by atoms with Crippen molar-refractivity contribution in [2.75, 3.05) is 25.5 Å². The first-order valence-corrected chi connectivity index (χ1v) is 10.3. The van der Waals surface area contributed by atoms with Gasteiger partial charge in [-0.3, -0.25) is 4.79 Å². The molecule has 1 saturated heterocycles. The van der Waals surface area contributed by atoms with E-state index in [1.54, 1.807) is 0 Å². The van der Waals surface area contributed by atoms with Crippen LogP contribution in [0.1, 0.15) is 65.9 Å². The zero-order chi connectivity index (χ0) is 18.8. The van der Waals surface area contributed by atoms with Crippen molar-refractivity contribution in [3.63, 3.8) is 0 Å². The molecule has 2 fully saturated rings. The minimum atomic E-state index is -0.0319. The summed E-state index contributed by atoms with van der Waals surface area (Å²) in [6, 6.07) is 16.6. The van der Waals surface area contributed by atoms with Gasteiger partial charge in [0.25, 0.3) is 5.91 Å². The molecule has 2 aromatic rings. The lowest BCUT2D eigenvalue weighted by Crippen LogP contribution is -2.29. The molecule has 3 heteroatoms. The second kappa shape index (κ2) is 7.85. The molecule has 1 heterocycles. The van der Waals surface area contributed by atoms with Gasteiger partial charge in [0, 0.05) is 11.3 Å². The molecule has 3 nitrogen and oxygen atoms in total. The van der Waals surface area contributed by atoms with Crippen molar-refractivity contribution >= 4 is 11.6 Å². The van der Waals surface area contributed by atoms with Gasteiger partial charge in [-0.15, -0.1) is 0 Å². The summed E-state index contributed by atoms with van der Waals surface area (Å²) in [5, 5.41) is 3.03. The summed E-state index contributed by atoms with van der Waals surface area (Å²) in [6.07, 6.45) is 4.98. The second-order valence-corrected chi connectivity index (χ2v) is 8.29. The van der Waals surface area contributed by atoms with E-state index in [0.717, 1.165) is 36.2 Å². The largest absolute Gasteiger partial charge is 0.322 e. The van der Waals surface area contributed by atoms with E-state index in [9.17, 15) is 4.79 Å². The van der Waals surface area contributed by atoms with Crippen molar-refractivity contribution < 1.29 is 4.79 Å². The Bertz CT molecular complexity index is 773. The molecule has 1 aliphatic heterocycles. The second-order valence-electron chi connectivity index (χ2n) is 8.29. The van der Waals surface area contributed by atoms with Gasteiger partial charge in [-0.25, -0.2) is 0 Å². The molecule has 0 radical (unpaired) electrons. The van der Waals surface area contributed by atoms with E-state index >= 15 is 0 Å². The van der Waals surface area contributed by atoms with Gasteiger partial charge in [-0.2, -0.15) is 0 Å². The number of nitrogens with zero attached hydrogens (tertiary/aromatic N) is 1. The van der Waals surface area contributed by atoms with Gasteiger partial charge >= 0.3 is 0 Å². The van der Waals surface area contributed by atoms with E-state index in [0.29, 0.717) is 5.92 Å². The number of nitrogens with one attached hydrogen (secondary N) is 1. The molecular weight excluding hydrogens is 332 g/mol. The first-order chi connectivity index (χ1) is 13.1. The molecule has 0 spiro atoms. The van der Waals surface area contributed by atoms with Crippen molar-refractivity contribution in [1.29, 1.82) is 0 Å². The summed E-state index contributed by atoms with van der Waals surface area (Å²) < 4.78 is 0. The number of benzene rings is 2. The van der Waals surface area contributed by atoms with Crippen LogP contribution in [-0.4, -0.2) is 30.9 Å². The molecule has 2 atom stereocenters. The zero-order valence-electron chi connectivity index (χ0n) is 16.4. The SMILES string of the molecule is CCC1C[C@H]1c1ccc(NC(=O)c2ccc(C3CCN(C)CC3)cc2)cc1. The van der Waals surface area contributed by atoms with Crippen LogP contribution < -0.4 is 5.32 Å². The Morgan fingerprint density at radius 1 is 1.00 bits per heavy atom. The van der Waals surface area contributed by atoms with Crippen molar-refractivity contribution in [3.8, 4) is 0 Å². The standard InChI is InChI=1S/C24H30N2O/c1-3-17-16-23(17)20-8-10-22(11-9-20)25-24(27)21-6-4-18(5-7-21)19-12-14-26(2)15-13-19/h4-11,17,19,23H,3,12-16H2,1-2H3,(H,25,27)/t17?,23-/m1/s1. The summed E-state index contributed by atoms with van der Waals surface area (Å²) in [5.41, 5.74) is 4.36. The van der Waals surface area contributed by atoms with Crippen molar-refractivity contribution in [2.45, 2.75) is 44.4 Å². The van der Waals surface area contributed by atoms with Gasteiger partial charge in [-0.05, 0) is 92.5 Å². The molecule has 27 heavy (non-hydrogen) atoms. The highest BCUT2D eigenvalue weighted by atomic mass is 16.1. The first kappa shape index (κ1) is 18.2. The van der Waals surface area contributed by atoms with Crippen LogP contribution in [0.4, 0.5) is 5.69 Å². The molecule has 0 aromatic heterocycles. The topological polar surface area (TPSA) is 32.3 Å². The molecule has 0 bridgehead atoms. The fraction of sp³-hybridized carbons (Fsp3) is 0.458. The highest BCUT2D eigenvalue weighted by Gasteiger charge is 2.36. The van der Waals surface area contributed by atoms with E-state index in [1.807, 2.05) is 24.3 Å². The maximum absolute atomic E-state index is 12.6. The molecule has 2 aliphatic rings. The lowest BCUT2D eigenvalue weighted by Gasteiger charge is -2.29. The summed E-state index contributed by atoms with van der Waals surface area (Å²) in [6.45, 7) is 4.57. The Morgan fingerprint density at radius 2 is 1.63 bits per heavy atom. The number of anilines is 1. The van der Waals surface area contributed by atoms with Gasteiger partial charge in [0.2, 0.25) is 0 Å². The molecule has 1 amide bonds. The quantitative estimate of drug-likeness (QED) is 0.787. The van der Waals surface area contributed by atoms with E-state index in [1.165, 1.54) is 36.8 Å². The summed E-state index contributed by atoms with van der Waals surface area (Å²) in [5.74, 6) is 2.18. The number of carbonyl (C=O) groups is 1. The highest BCUT2D eigenvalue weighted by Crippen LogP contribution is 2.49. The normalized spacial score (nSPS) is 23.2. The molecular formula is C24H30N2O. The minimum Gasteiger partial charge on any atom is -0.322 e. The van der Waals surface area contributed by atoms with Crippen LogP contribution in [0.2, 0.25) is 0 Å². The van der Waals surface area contributed by atoms with Crippen LogP contribution in [0.3, 0.4) is 0 Å². The van der Waals surface area contributed by atoms with Gasteiger partial charge in [0.05, 0.1) is 0 Å². The predicted octanol–water partition coefficient (Wildman–Crippen LogP) is 5.26. The number of hydrogen-bond acceptors (Lipinski definition) is 2. The number of hydrogen-bond donors (Lipinski definition) is 1. The molecule has 2 aromatic carbocycles. The maximum Gasteiger partial charge on any atom is 0.255 e. The zero-order valence-corrected chi connectivity index (χ0v) is 16.4. The van der Waals surface area contributed by atoms with Crippen LogP contribution >= 0.6 is 0 Å². The Labute approximate surface area is 162 Å². The summed E-state index contributed by atoms with van der Waals surface area (Å²) in [7, 11) is 2.18. The Balaban J connectivity index is 1.35. The smallest absolute Gasteiger partial charge is 0.255 e. The minimum absolute atomic E-state index is 0.0319. The lowest BCUT2D eigenvalue weighted by atomic mass is 9.89. The molecule has 1 N–H and O–H groups in total. The van der Waals surface area contributed by atoms with E-state index < -0.39 is 0 Å². The number of piperidine rings is 1. The third-order valence-electron chi connectivity index (χ3n) is 6.41. The van der Waals surface area contributed by atoms with Gasteiger partial charge in [0.15, 0.2) is 0 Å². The van der Waals surface area contributed by atoms with E-state index in [-0.39, 0.29) is 5.91 Å². The van der Waals surface area contributed by atoms with Crippen LogP contribution in [0.25, 0.3) is 0 Å². The van der Waals surface area contributed by atoms with Crippen LogP contribution in [0.5, 0.6) is 0 Å². The average molecular weight is 363 g/mol. The van der Waals surface area contributed by atoms with Crippen molar-refractivity contribution in [2.24, 2.45) is 5.92 Å². The van der Waals surface area contributed by atoms with Crippen LogP contribution in [0.15, 0.2) is 48.5 Å². The summed E-state index contributed by atoms with van der Waals surface area (Å²) >= 11 is 0. The molecule has 1 unspecified atom stereocenters. The van der Waals surface area contributed by atoms with Gasteiger partial charge < -0.3 is 10.2 Å². The van der Waals surface area contributed by atoms with E-state index in [4.69, 9.17) is 0 Å². The maximum atomic E-state index is 12.6. The Morgan fingerprint density at radius 3 is 2.22 bits per heavy atom. The average Bonchev–Trinajstić information content (AvgIpc) is 3.49. The molecule has 1 aliphatic carbocycles. The van der Waals surface area contributed by atoms with Crippen molar-refractivity contribution in [1.82, 2.24) is 4.90 Å². The monoisotopic (exact) mass is 362 g/mol. The molecule has 1 saturated carbocycles. The van der Waals surface area contributed by atoms with Crippen molar-refractivity contribution in [3.05, 3.63) is 65.2 Å². The summed E-state index contributed by atoms with van der Waals surface area (Å²) in [4.78, 5) is 14.9. The lowest BCUT2D eigenvalue weighted by molar-refractivity contribution is 0.102. The third kappa shape index (κ3) is 4.24. The van der Waals surface area contributed by atoms with Crippen LogP contribution in [0, 0.1) is 5.92 Å². The highest BCUT2D eigenvalue weighted by molar-refractivity contribution is 6.04. The number of carbonyl (C=O) groups excluding carboxylic acids is 1. The fourth-order valence-corrected chi connectivity index (χ4v) is 4.37. The molecule has 142 valence electrons. The first-order valence-electron chi connectivity index (χ1n) is 10.3. The van der Waals surface area contributed by atoms with Crippen LogP contribution in [-0.2, 0) is 0 Å².